The van der Waals surface area contributed by atoms with Gasteiger partial charge >= 0.3 is 0 Å². The summed E-state index contributed by atoms with van der Waals surface area (Å²) >= 11 is 0. The molecular weight excluding hydrogens is 372 g/mol. The second kappa shape index (κ2) is 8.31. The van der Waals surface area contributed by atoms with E-state index in [-0.39, 0.29) is 27.7 Å². The summed E-state index contributed by atoms with van der Waals surface area (Å²) in [5.74, 6) is 1.39. The number of hydrogen-bond acceptors (Lipinski definition) is 6. The first kappa shape index (κ1) is 20.3. The van der Waals surface area contributed by atoms with Crippen LogP contribution in [0.1, 0.15) is 19.4 Å². The number of aromatic hydroxyl groups is 1. The van der Waals surface area contributed by atoms with Crippen molar-refractivity contribution in [1.82, 2.24) is 0 Å². The molecule has 1 heterocycles. The lowest BCUT2D eigenvalue weighted by Crippen LogP contribution is -2.07. The number of allylic oxidation sites excluding steroid dienone is 2. The zero-order chi connectivity index (χ0) is 21.1. The Morgan fingerprint density at radius 1 is 1.03 bits per heavy atom. The maximum absolute atomic E-state index is 13.3. The van der Waals surface area contributed by atoms with E-state index in [0.29, 0.717) is 34.8 Å². The first-order valence-electron chi connectivity index (χ1n) is 9.11. The van der Waals surface area contributed by atoms with Crippen LogP contribution in [0.3, 0.4) is 0 Å². The molecule has 1 aromatic heterocycles. The molecule has 0 atom stereocenters. The van der Waals surface area contributed by atoms with Gasteiger partial charge in [0.15, 0.2) is 0 Å². The molecule has 3 rings (SSSR count). The van der Waals surface area contributed by atoms with Crippen molar-refractivity contribution >= 4 is 11.0 Å². The molecule has 0 amide bonds. The topological polar surface area (TPSA) is 78.1 Å². The molecule has 0 saturated heterocycles. The third-order valence-electron chi connectivity index (χ3n) is 4.74. The standard InChI is InChI=1S/C23H24O6/c1-13(2)6-8-16-19(28-5)11-20-21(22(16)24)23(25)17(12-29-20)15-9-7-14(26-3)10-18(15)27-4/h6-7,9-12,24H,8H2,1-5H3. The highest BCUT2D eigenvalue weighted by atomic mass is 16.5. The highest BCUT2D eigenvalue weighted by Crippen LogP contribution is 2.38. The van der Waals surface area contributed by atoms with E-state index in [1.54, 1.807) is 31.4 Å². The molecule has 0 aliphatic rings. The van der Waals surface area contributed by atoms with E-state index in [2.05, 4.69) is 0 Å². The molecule has 3 aromatic rings. The number of phenols is 1. The first-order chi connectivity index (χ1) is 13.9. The number of hydrogen-bond donors (Lipinski definition) is 1. The molecule has 29 heavy (non-hydrogen) atoms. The summed E-state index contributed by atoms with van der Waals surface area (Å²) in [4.78, 5) is 13.3. The molecule has 0 unspecified atom stereocenters. The zero-order valence-corrected chi connectivity index (χ0v) is 17.2. The predicted octanol–water partition coefficient (Wildman–Crippen LogP) is 4.70. The largest absolute Gasteiger partial charge is 0.507 e. The second-order valence-electron chi connectivity index (χ2n) is 6.81. The molecule has 0 saturated carbocycles. The van der Waals surface area contributed by atoms with Crippen molar-refractivity contribution in [2.45, 2.75) is 20.3 Å². The van der Waals surface area contributed by atoms with Gasteiger partial charge in [0, 0.05) is 23.3 Å². The predicted molar refractivity (Wildman–Crippen MR) is 112 cm³/mol. The minimum atomic E-state index is -0.353. The van der Waals surface area contributed by atoms with Crippen molar-refractivity contribution in [3.63, 3.8) is 0 Å². The molecule has 6 heteroatoms. The van der Waals surface area contributed by atoms with Gasteiger partial charge < -0.3 is 23.7 Å². The third kappa shape index (κ3) is 3.78. The van der Waals surface area contributed by atoms with Crippen molar-refractivity contribution in [1.29, 1.82) is 0 Å². The number of rotatable bonds is 6. The van der Waals surface area contributed by atoms with Gasteiger partial charge in [0.1, 0.15) is 40.2 Å². The smallest absolute Gasteiger partial charge is 0.204 e. The fourth-order valence-corrected chi connectivity index (χ4v) is 3.18. The molecule has 2 aromatic carbocycles. The van der Waals surface area contributed by atoms with Crippen molar-refractivity contribution in [2.75, 3.05) is 21.3 Å². The Kier molecular flexibility index (Phi) is 5.82. The summed E-state index contributed by atoms with van der Waals surface area (Å²) in [6.07, 6.45) is 3.76. The molecule has 0 radical (unpaired) electrons. The van der Waals surface area contributed by atoms with Gasteiger partial charge in [-0.25, -0.2) is 0 Å². The molecule has 0 spiro atoms. The molecule has 0 aliphatic heterocycles. The summed E-state index contributed by atoms with van der Waals surface area (Å²) in [7, 11) is 4.58. The lowest BCUT2D eigenvalue weighted by atomic mass is 10.00. The molecule has 152 valence electrons. The van der Waals surface area contributed by atoms with E-state index in [4.69, 9.17) is 18.6 Å². The van der Waals surface area contributed by atoms with E-state index in [1.165, 1.54) is 20.5 Å². The number of fused-ring (bicyclic) bond motifs is 1. The van der Waals surface area contributed by atoms with Crippen LogP contribution in [0.25, 0.3) is 22.1 Å². The summed E-state index contributed by atoms with van der Waals surface area (Å²) in [5, 5.41) is 11.0. The van der Waals surface area contributed by atoms with Gasteiger partial charge in [0.2, 0.25) is 5.43 Å². The maximum atomic E-state index is 13.3. The van der Waals surface area contributed by atoms with Crippen molar-refractivity contribution in [3.05, 3.63) is 58.0 Å². The van der Waals surface area contributed by atoms with Gasteiger partial charge in [-0.1, -0.05) is 11.6 Å². The van der Waals surface area contributed by atoms with E-state index in [1.807, 2.05) is 19.9 Å². The number of ether oxygens (including phenoxy) is 3. The third-order valence-corrected chi connectivity index (χ3v) is 4.74. The highest BCUT2D eigenvalue weighted by molar-refractivity contribution is 5.90. The summed E-state index contributed by atoms with van der Waals surface area (Å²) in [5.41, 5.74) is 2.35. The zero-order valence-electron chi connectivity index (χ0n) is 17.2. The number of methoxy groups -OCH3 is 3. The normalized spacial score (nSPS) is 10.7. The lowest BCUT2D eigenvalue weighted by molar-refractivity contribution is 0.395. The lowest BCUT2D eigenvalue weighted by Gasteiger charge is -2.13. The van der Waals surface area contributed by atoms with Crippen LogP contribution in [0, 0.1) is 0 Å². The van der Waals surface area contributed by atoms with Crippen LogP contribution in [0.5, 0.6) is 23.0 Å². The fraction of sp³-hybridized carbons (Fsp3) is 0.261. The van der Waals surface area contributed by atoms with Crippen LogP contribution >= 0.6 is 0 Å². The molecule has 6 nitrogen and oxygen atoms in total. The average molecular weight is 396 g/mol. The Hall–Kier alpha value is -3.41. The Morgan fingerprint density at radius 3 is 2.38 bits per heavy atom. The van der Waals surface area contributed by atoms with Crippen molar-refractivity contribution in [3.8, 4) is 34.1 Å². The van der Waals surface area contributed by atoms with E-state index < -0.39 is 0 Å². The quantitative estimate of drug-likeness (QED) is 0.609. The summed E-state index contributed by atoms with van der Waals surface area (Å²) < 4.78 is 21.7. The van der Waals surface area contributed by atoms with Crippen molar-refractivity contribution < 1.29 is 23.7 Å². The summed E-state index contributed by atoms with van der Waals surface area (Å²) in [6, 6.07) is 6.77. The van der Waals surface area contributed by atoms with Crippen molar-refractivity contribution in [2.24, 2.45) is 0 Å². The van der Waals surface area contributed by atoms with Crippen LogP contribution in [0.4, 0.5) is 0 Å². The number of phenolic OH excluding ortho intramolecular Hbond substituents is 1. The van der Waals surface area contributed by atoms with Crippen LogP contribution in [-0.2, 0) is 6.42 Å². The Morgan fingerprint density at radius 2 is 1.76 bits per heavy atom. The van der Waals surface area contributed by atoms with Gasteiger partial charge in [-0.05, 0) is 32.4 Å². The molecule has 0 aliphatic carbocycles. The van der Waals surface area contributed by atoms with E-state index >= 15 is 0 Å². The Bertz CT molecular complexity index is 1140. The molecule has 0 bridgehead atoms. The Balaban J connectivity index is 2.28. The van der Waals surface area contributed by atoms with Gasteiger partial charge in [-0.2, -0.15) is 0 Å². The molecular formula is C23H24O6. The van der Waals surface area contributed by atoms with Crippen LogP contribution in [0.15, 0.2) is 51.4 Å². The monoisotopic (exact) mass is 396 g/mol. The highest BCUT2D eigenvalue weighted by Gasteiger charge is 2.20. The van der Waals surface area contributed by atoms with Crippen LogP contribution in [0.2, 0.25) is 0 Å². The van der Waals surface area contributed by atoms with Gasteiger partial charge in [-0.3, -0.25) is 4.79 Å². The van der Waals surface area contributed by atoms with Crippen LogP contribution in [-0.4, -0.2) is 26.4 Å². The molecule has 0 fully saturated rings. The number of benzene rings is 2. The fourth-order valence-electron chi connectivity index (χ4n) is 3.18. The van der Waals surface area contributed by atoms with Gasteiger partial charge in [0.25, 0.3) is 0 Å². The molecule has 1 N–H and O–H groups in total. The van der Waals surface area contributed by atoms with Crippen LogP contribution < -0.4 is 19.6 Å². The maximum Gasteiger partial charge on any atom is 0.204 e. The Labute approximate surface area is 169 Å². The SMILES string of the molecule is COc1ccc(-c2coc3cc(OC)c(CC=C(C)C)c(O)c3c2=O)c(OC)c1. The van der Waals surface area contributed by atoms with Gasteiger partial charge in [-0.15, -0.1) is 0 Å². The summed E-state index contributed by atoms with van der Waals surface area (Å²) in [6.45, 7) is 3.93. The van der Waals surface area contributed by atoms with E-state index in [0.717, 1.165) is 5.57 Å². The van der Waals surface area contributed by atoms with E-state index in [9.17, 15) is 9.90 Å². The second-order valence-corrected chi connectivity index (χ2v) is 6.81. The minimum Gasteiger partial charge on any atom is -0.507 e. The average Bonchev–Trinajstić information content (AvgIpc) is 2.72. The van der Waals surface area contributed by atoms with Gasteiger partial charge in [0.05, 0.1) is 26.9 Å². The first-order valence-corrected chi connectivity index (χ1v) is 9.11. The minimum absolute atomic E-state index is 0.110.